The summed E-state index contributed by atoms with van der Waals surface area (Å²) < 4.78 is 7.24. The molecule has 0 spiro atoms. The van der Waals surface area contributed by atoms with E-state index in [0.717, 1.165) is 22.6 Å². The van der Waals surface area contributed by atoms with Crippen LogP contribution in [-0.4, -0.2) is 27.8 Å². The topological polar surface area (TPSA) is 69.0 Å². The van der Waals surface area contributed by atoms with Gasteiger partial charge in [-0.3, -0.25) is 9.36 Å². The summed E-state index contributed by atoms with van der Waals surface area (Å²) in [6, 6.07) is 18.2. The Hall–Kier alpha value is -2.71. The van der Waals surface area contributed by atoms with Gasteiger partial charge in [0.2, 0.25) is 0 Å². The number of rotatable bonds is 8. The van der Waals surface area contributed by atoms with E-state index in [0.29, 0.717) is 32.3 Å². The summed E-state index contributed by atoms with van der Waals surface area (Å²) in [7, 11) is 1.64. The van der Waals surface area contributed by atoms with Crippen molar-refractivity contribution in [3.05, 3.63) is 98.2 Å². The third kappa shape index (κ3) is 6.11. The molecule has 6 nitrogen and oxygen atoms in total. The van der Waals surface area contributed by atoms with Crippen molar-refractivity contribution in [1.29, 1.82) is 0 Å². The van der Waals surface area contributed by atoms with Gasteiger partial charge in [0.05, 0.1) is 29.9 Å². The molecule has 0 saturated heterocycles. The summed E-state index contributed by atoms with van der Waals surface area (Å²) in [5.74, 6) is 1.66. The van der Waals surface area contributed by atoms with Crippen LogP contribution in [0.1, 0.15) is 27.3 Å². The summed E-state index contributed by atoms with van der Waals surface area (Å²) in [5, 5.41) is 13.6. The van der Waals surface area contributed by atoms with Crippen molar-refractivity contribution in [2.75, 3.05) is 7.11 Å². The minimum Gasteiger partial charge on any atom is -0.497 e. The molecule has 0 unspecified atom stereocenters. The van der Waals surface area contributed by atoms with Gasteiger partial charge in [0, 0.05) is 15.8 Å². The Morgan fingerprint density at radius 3 is 2.57 bits per heavy atom. The number of halogens is 3. The van der Waals surface area contributed by atoms with E-state index in [9.17, 15) is 4.79 Å². The van der Waals surface area contributed by atoms with Crippen LogP contribution in [0.2, 0.25) is 15.1 Å². The predicted octanol–water partition coefficient (Wildman–Crippen LogP) is 6.77. The summed E-state index contributed by atoms with van der Waals surface area (Å²) in [6.45, 7) is 2.12. The minimum absolute atomic E-state index is 0.135. The summed E-state index contributed by atoms with van der Waals surface area (Å²) in [4.78, 5) is 12.8. The van der Waals surface area contributed by atoms with Gasteiger partial charge in [-0.1, -0.05) is 64.8 Å². The van der Waals surface area contributed by atoms with E-state index in [1.165, 1.54) is 17.8 Å². The summed E-state index contributed by atoms with van der Waals surface area (Å²) >= 11 is 20.0. The highest BCUT2D eigenvalue weighted by atomic mass is 35.5. The fourth-order valence-electron chi connectivity index (χ4n) is 3.41. The molecule has 0 aliphatic carbocycles. The molecule has 1 N–H and O–H groups in total. The number of ether oxygens (including phenoxy) is 1. The van der Waals surface area contributed by atoms with Gasteiger partial charge in [0.15, 0.2) is 11.0 Å². The lowest BCUT2D eigenvalue weighted by molar-refractivity contribution is 0.0950. The van der Waals surface area contributed by atoms with Crippen LogP contribution in [0.4, 0.5) is 0 Å². The zero-order valence-electron chi connectivity index (χ0n) is 18.9. The highest BCUT2D eigenvalue weighted by Crippen LogP contribution is 2.29. The molecule has 0 aliphatic heterocycles. The quantitative estimate of drug-likeness (QED) is 0.247. The first-order valence-corrected chi connectivity index (χ1v) is 12.7. The number of aryl methyl sites for hydroxylation is 1. The van der Waals surface area contributed by atoms with E-state index in [1.54, 1.807) is 19.2 Å². The fraction of sp³-hybridized carbons (Fsp3) is 0.160. The maximum atomic E-state index is 12.8. The first kappa shape index (κ1) is 25.4. The largest absolute Gasteiger partial charge is 0.497 e. The van der Waals surface area contributed by atoms with Gasteiger partial charge in [0.25, 0.3) is 5.91 Å². The Morgan fingerprint density at radius 2 is 1.80 bits per heavy atom. The second-order valence-corrected chi connectivity index (χ2v) is 9.83. The molecule has 0 aliphatic rings. The van der Waals surface area contributed by atoms with Gasteiger partial charge in [-0.05, 0) is 60.5 Å². The number of amides is 1. The third-order valence-corrected chi connectivity index (χ3v) is 6.98. The van der Waals surface area contributed by atoms with Crippen LogP contribution in [0.3, 0.4) is 0 Å². The number of methoxy groups -OCH3 is 1. The lowest BCUT2D eigenvalue weighted by atomic mass is 10.2. The number of hydrogen-bond acceptors (Lipinski definition) is 5. The Labute approximate surface area is 222 Å². The summed E-state index contributed by atoms with van der Waals surface area (Å²) in [6.07, 6.45) is 0. The highest BCUT2D eigenvalue weighted by Gasteiger charge is 2.18. The molecule has 1 amide bonds. The van der Waals surface area contributed by atoms with Crippen molar-refractivity contribution in [2.24, 2.45) is 0 Å². The number of carbonyl (C=O) groups excluding carboxylic acids is 1. The zero-order valence-corrected chi connectivity index (χ0v) is 22.0. The van der Waals surface area contributed by atoms with Crippen LogP contribution in [0.5, 0.6) is 5.75 Å². The molecule has 10 heteroatoms. The normalized spacial score (nSPS) is 10.9. The van der Waals surface area contributed by atoms with Crippen LogP contribution in [-0.2, 0) is 12.3 Å². The first-order chi connectivity index (χ1) is 16.9. The average molecular weight is 548 g/mol. The molecular weight excluding hydrogens is 527 g/mol. The Bertz CT molecular complexity index is 1380. The van der Waals surface area contributed by atoms with Crippen molar-refractivity contribution in [1.82, 2.24) is 20.1 Å². The van der Waals surface area contributed by atoms with Gasteiger partial charge in [-0.25, -0.2) is 0 Å². The number of benzene rings is 3. The average Bonchev–Trinajstić information content (AvgIpc) is 3.25. The van der Waals surface area contributed by atoms with E-state index in [-0.39, 0.29) is 17.5 Å². The van der Waals surface area contributed by atoms with Crippen molar-refractivity contribution in [2.45, 2.75) is 24.4 Å². The smallest absolute Gasteiger partial charge is 0.253 e. The highest BCUT2D eigenvalue weighted by molar-refractivity contribution is 7.98. The second kappa shape index (κ2) is 11.4. The van der Waals surface area contributed by atoms with Crippen molar-refractivity contribution in [3.63, 3.8) is 0 Å². The molecule has 35 heavy (non-hydrogen) atoms. The van der Waals surface area contributed by atoms with Gasteiger partial charge in [-0.15, -0.1) is 10.2 Å². The molecule has 3 aromatic carbocycles. The molecule has 1 aromatic heterocycles. The molecular formula is C25H21Cl3N4O2S. The lowest BCUT2D eigenvalue weighted by Crippen LogP contribution is -2.25. The van der Waals surface area contributed by atoms with Crippen LogP contribution in [0, 0.1) is 6.92 Å². The van der Waals surface area contributed by atoms with E-state index in [4.69, 9.17) is 39.5 Å². The molecule has 0 fully saturated rings. The van der Waals surface area contributed by atoms with Gasteiger partial charge < -0.3 is 10.1 Å². The maximum Gasteiger partial charge on any atom is 0.253 e. The fourth-order valence-corrected chi connectivity index (χ4v) is 4.98. The van der Waals surface area contributed by atoms with Gasteiger partial charge >= 0.3 is 0 Å². The number of nitrogens with zero attached hydrogens (tertiary/aromatic N) is 3. The van der Waals surface area contributed by atoms with Crippen LogP contribution in [0.15, 0.2) is 65.8 Å². The van der Waals surface area contributed by atoms with E-state index < -0.39 is 0 Å². The Morgan fingerprint density at radius 1 is 1.03 bits per heavy atom. The first-order valence-electron chi connectivity index (χ1n) is 10.6. The third-order valence-electron chi connectivity index (χ3n) is 5.20. The SMILES string of the molecule is COc1cccc(CSc2nnc(CNC(=O)c3ccc(Cl)cc3Cl)n2-c2cc(Cl)ccc2C)c1. The van der Waals surface area contributed by atoms with E-state index >= 15 is 0 Å². The molecule has 0 radical (unpaired) electrons. The van der Waals surface area contributed by atoms with Crippen LogP contribution < -0.4 is 10.1 Å². The van der Waals surface area contributed by atoms with Crippen LogP contribution >= 0.6 is 46.6 Å². The second-order valence-electron chi connectivity index (χ2n) is 7.61. The molecule has 180 valence electrons. The zero-order chi connectivity index (χ0) is 24.9. The number of hydrogen-bond donors (Lipinski definition) is 1. The Balaban J connectivity index is 1.62. The van der Waals surface area contributed by atoms with Crippen molar-refractivity contribution >= 4 is 52.5 Å². The van der Waals surface area contributed by atoms with Gasteiger partial charge in [-0.2, -0.15) is 0 Å². The molecule has 0 atom stereocenters. The van der Waals surface area contributed by atoms with Gasteiger partial charge in [0.1, 0.15) is 5.75 Å². The lowest BCUT2D eigenvalue weighted by Gasteiger charge is -2.14. The van der Waals surface area contributed by atoms with E-state index in [1.807, 2.05) is 54.0 Å². The number of carbonyl (C=O) groups is 1. The molecule has 4 aromatic rings. The maximum absolute atomic E-state index is 12.8. The number of thioether (sulfide) groups is 1. The summed E-state index contributed by atoms with van der Waals surface area (Å²) in [5.41, 5.74) is 3.24. The van der Waals surface area contributed by atoms with E-state index in [2.05, 4.69) is 15.5 Å². The number of nitrogens with one attached hydrogen (secondary N) is 1. The molecule has 0 bridgehead atoms. The predicted molar refractivity (Wildman–Crippen MR) is 141 cm³/mol. The monoisotopic (exact) mass is 546 g/mol. The van der Waals surface area contributed by atoms with Crippen molar-refractivity contribution < 1.29 is 9.53 Å². The van der Waals surface area contributed by atoms with Crippen LogP contribution in [0.25, 0.3) is 5.69 Å². The standard InChI is InChI=1S/C25H21Cl3N4O2S/c1-15-6-7-18(27)12-22(15)32-23(13-29-24(33)20-9-8-17(26)11-21(20)28)30-31-25(32)35-14-16-4-3-5-19(10-16)34-2/h3-12H,13-14H2,1-2H3,(H,29,33). The molecule has 4 rings (SSSR count). The number of aromatic nitrogens is 3. The molecule has 1 heterocycles. The molecule has 0 saturated carbocycles. The van der Waals surface area contributed by atoms with Crippen molar-refractivity contribution in [3.8, 4) is 11.4 Å². The Kier molecular flexibility index (Phi) is 8.23. The minimum atomic E-state index is -0.338.